The molecule has 1 aromatic heterocycles. The van der Waals surface area contributed by atoms with Crippen LogP contribution in [0.4, 0.5) is 0 Å². The Balaban J connectivity index is 2.83. The van der Waals surface area contributed by atoms with Gasteiger partial charge >= 0.3 is 0 Å². The zero-order valence-corrected chi connectivity index (χ0v) is 8.09. The molecule has 0 saturated heterocycles. The quantitative estimate of drug-likeness (QED) is 0.746. The Morgan fingerprint density at radius 3 is 2.92 bits per heavy atom. The lowest BCUT2D eigenvalue weighted by Crippen LogP contribution is -1.83. The van der Waals surface area contributed by atoms with E-state index in [9.17, 15) is 0 Å². The van der Waals surface area contributed by atoms with Crippen LogP contribution in [-0.4, -0.2) is 7.11 Å². The monoisotopic (exact) mass is 226 g/mol. The van der Waals surface area contributed by atoms with Gasteiger partial charge in [-0.1, -0.05) is 0 Å². The summed E-state index contributed by atoms with van der Waals surface area (Å²) in [6, 6.07) is 5.70. The Bertz CT molecular complexity index is 406. The summed E-state index contributed by atoms with van der Waals surface area (Å²) in [4.78, 5) is 0. The Labute approximate surface area is 78.3 Å². The molecule has 2 rings (SSSR count). The fourth-order valence-electron chi connectivity index (χ4n) is 1.20. The molecule has 0 aliphatic rings. The van der Waals surface area contributed by atoms with Gasteiger partial charge in [-0.3, -0.25) is 0 Å². The molecule has 0 radical (unpaired) electrons. The van der Waals surface area contributed by atoms with Crippen molar-refractivity contribution in [3.05, 3.63) is 28.9 Å². The van der Waals surface area contributed by atoms with E-state index >= 15 is 0 Å². The van der Waals surface area contributed by atoms with Crippen LogP contribution in [0.15, 0.2) is 33.4 Å². The van der Waals surface area contributed by atoms with E-state index in [1.165, 1.54) is 0 Å². The molecule has 2 nitrogen and oxygen atoms in total. The first kappa shape index (κ1) is 7.68. The van der Waals surface area contributed by atoms with Gasteiger partial charge in [-0.05, 0) is 34.1 Å². The van der Waals surface area contributed by atoms with Gasteiger partial charge in [0.25, 0.3) is 0 Å². The maximum Gasteiger partial charge on any atom is 0.144 e. The van der Waals surface area contributed by atoms with Crippen LogP contribution < -0.4 is 4.74 Å². The highest BCUT2D eigenvalue weighted by molar-refractivity contribution is 9.10. The minimum atomic E-state index is 0.821. The van der Waals surface area contributed by atoms with E-state index in [-0.39, 0.29) is 0 Å². The molecule has 0 amide bonds. The summed E-state index contributed by atoms with van der Waals surface area (Å²) in [7, 11) is 1.65. The first-order valence-electron chi connectivity index (χ1n) is 3.52. The van der Waals surface area contributed by atoms with Gasteiger partial charge in [0.1, 0.15) is 11.3 Å². The van der Waals surface area contributed by atoms with E-state index in [4.69, 9.17) is 9.15 Å². The van der Waals surface area contributed by atoms with Crippen molar-refractivity contribution >= 4 is 26.9 Å². The van der Waals surface area contributed by atoms with Crippen molar-refractivity contribution in [2.24, 2.45) is 0 Å². The van der Waals surface area contributed by atoms with Crippen LogP contribution in [-0.2, 0) is 0 Å². The van der Waals surface area contributed by atoms with Crippen LogP contribution in [0.25, 0.3) is 11.0 Å². The second-order valence-electron chi connectivity index (χ2n) is 2.41. The number of benzene rings is 1. The van der Waals surface area contributed by atoms with E-state index in [0.29, 0.717) is 0 Å². The van der Waals surface area contributed by atoms with Gasteiger partial charge in [0.15, 0.2) is 0 Å². The lowest BCUT2D eigenvalue weighted by atomic mass is 10.2. The molecule has 1 heterocycles. The Morgan fingerprint density at radius 2 is 2.17 bits per heavy atom. The predicted molar refractivity (Wildman–Crippen MR) is 50.5 cm³/mol. The summed E-state index contributed by atoms with van der Waals surface area (Å²) in [5.41, 5.74) is 0.843. The van der Waals surface area contributed by atoms with E-state index in [1.54, 1.807) is 13.4 Å². The van der Waals surface area contributed by atoms with Gasteiger partial charge in [0.2, 0.25) is 0 Å². The molecule has 2 aromatic rings. The van der Waals surface area contributed by atoms with Gasteiger partial charge in [-0.15, -0.1) is 0 Å². The number of halogens is 1. The van der Waals surface area contributed by atoms with Crippen LogP contribution in [0.3, 0.4) is 0 Å². The molecule has 0 fully saturated rings. The number of methoxy groups -OCH3 is 1. The average molecular weight is 227 g/mol. The zero-order chi connectivity index (χ0) is 8.55. The van der Waals surface area contributed by atoms with E-state index < -0.39 is 0 Å². The molecule has 0 spiro atoms. The van der Waals surface area contributed by atoms with Crippen molar-refractivity contribution in [2.45, 2.75) is 0 Å². The molecule has 3 heteroatoms. The highest BCUT2D eigenvalue weighted by atomic mass is 79.9. The Hall–Kier alpha value is -0.960. The maximum atomic E-state index is 5.21. The van der Waals surface area contributed by atoms with Gasteiger partial charge in [0.05, 0.1) is 23.2 Å². The molecule has 0 N–H and O–H groups in total. The number of fused-ring (bicyclic) bond motifs is 1. The summed E-state index contributed by atoms with van der Waals surface area (Å²) in [6.45, 7) is 0. The van der Waals surface area contributed by atoms with Crippen LogP contribution in [0.2, 0.25) is 0 Å². The second kappa shape index (κ2) is 2.83. The summed E-state index contributed by atoms with van der Waals surface area (Å²) >= 11 is 3.40. The molecule has 0 atom stereocenters. The third-order valence-electron chi connectivity index (χ3n) is 1.74. The van der Waals surface area contributed by atoms with Crippen molar-refractivity contribution in [3.8, 4) is 5.75 Å². The molecule has 0 bridgehead atoms. The maximum absolute atomic E-state index is 5.21. The van der Waals surface area contributed by atoms with E-state index in [0.717, 1.165) is 21.2 Å². The molecule has 62 valence electrons. The molecule has 0 aliphatic heterocycles. The van der Waals surface area contributed by atoms with Crippen molar-refractivity contribution in [1.82, 2.24) is 0 Å². The molecular formula is C9H7BrO2. The third kappa shape index (κ3) is 1.01. The largest absolute Gasteiger partial charge is 0.495 e. The Kier molecular flexibility index (Phi) is 1.81. The second-order valence-corrected chi connectivity index (χ2v) is 3.27. The highest BCUT2D eigenvalue weighted by Crippen LogP contribution is 2.33. The summed E-state index contributed by atoms with van der Waals surface area (Å²) < 4.78 is 11.4. The van der Waals surface area contributed by atoms with Crippen molar-refractivity contribution in [1.29, 1.82) is 0 Å². The van der Waals surface area contributed by atoms with Gasteiger partial charge in [-0.25, -0.2) is 0 Å². The number of rotatable bonds is 1. The number of hydrogen-bond donors (Lipinski definition) is 0. The minimum Gasteiger partial charge on any atom is -0.495 e. The zero-order valence-electron chi connectivity index (χ0n) is 6.50. The molecular weight excluding hydrogens is 220 g/mol. The molecule has 1 aromatic carbocycles. The molecule has 0 aliphatic carbocycles. The highest BCUT2D eigenvalue weighted by Gasteiger charge is 2.06. The van der Waals surface area contributed by atoms with Crippen LogP contribution in [0.5, 0.6) is 5.75 Å². The lowest BCUT2D eigenvalue weighted by Gasteiger charge is -2.02. The Morgan fingerprint density at radius 1 is 1.33 bits per heavy atom. The minimum absolute atomic E-state index is 0.821. The molecule has 0 unspecified atom stereocenters. The van der Waals surface area contributed by atoms with Crippen molar-refractivity contribution < 1.29 is 9.15 Å². The van der Waals surface area contributed by atoms with Gasteiger partial charge < -0.3 is 9.15 Å². The SMILES string of the molecule is COc1c(Br)ccc2occc12. The third-order valence-corrected chi connectivity index (χ3v) is 2.37. The molecule has 0 saturated carbocycles. The first-order valence-corrected chi connectivity index (χ1v) is 4.32. The van der Waals surface area contributed by atoms with E-state index in [2.05, 4.69) is 15.9 Å². The van der Waals surface area contributed by atoms with Crippen LogP contribution >= 0.6 is 15.9 Å². The summed E-state index contributed by atoms with van der Waals surface area (Å²) in [5, 5.41) is 0.992. The number of furan rings is 1. The predicted octanol–water partition coefficient (Wildman–Crippen LogP) is 3.20. The number of ether oxygens (including phenoxy) is 1. The van der Waals surface area contributed by atoms with E-state index in [1.807, 2.05) is 18.2 Å². The van der Waals surface area contributed by atoms with Crippen LogP contribution in [0.1, 0.15) is 0 Å². The average Bonchev–Trinajstić information content (AvgIpc) is 2.52. The lowest BCUT2D eigenvalue weighted by molar-refractivity contribution is 0.417. The normalized spacial score (nSPS) is 10.5. The number of hydrogen-bond acceptors (Lipinski definition) is 2. The van der Waals surface area contributed by atoms with Crippen LogP contribution in [0, 0.1) is 0 Å². The fraction of sp³-hybridized carbons (Fsp3) is 0.111. The first-order chi connectivity index (χ1) is 5.83. The van der Waals surface area contributed by atoms with Gasteiger partial charge in [0, 0.05) is 0 Å². The summed E-state index contributed by atoms with van der Waals surface area (Å²) in [5.74, 6) is 0.821. The standard InChI is InChI=1S/C9H7BrO2/c1-11-9-6-4-5-12-8(6)3-2-7(9)10/h2-5H,1H3. The topological polar surface area (TPSA) is 22.4 Å². The van der Waals surface area contributed by atoms with Gasteiger partial charge in [-0.2, -0.15) is 0 Å². The smallest absolute Gasteiger partial charge is 0.144 e. The fourth-order valence-corrected chi connectivity index (χ4v) is 1.71. The van der Waals surface area contributed by atoms with Crippen molar-refractivity contribution in [3.63, 3.8) is 0 Å². The van der Waals surface area contributed by atoms with Crippen molar-refractivity contribution in [2.75, 3.05) is 7.11 Å². The summed E-state index contributed by atoms with van der Waals surface area (Å²) in [6.07, 6.45) is 1.65. The molecule has 12 heavy (non-hydrogen) atoms.